The molecule has 0 amide bonds. The molecule has 0 aliphatic rings. The van der Waals surface area contributed by atoms with Gasteiger partial charge >= 0.3 is 0 Å². The van der Waals surface area contributed by atoms with Crippen molar-refractivity contribution in [2.24, 2.45) is 0 Å². The average Bonchev–Trinajstić information content (AvgIpc) is 3.27. The molecule has 0 N–H and O–H groups in total. The molecule has 0 saturated heterocycles. The number of aromatic nitrogens is 1. The monoisotopic (exact) mass is 755 g/mol. The van der Waals surface area contributed by atoms with Crippen molar-refractivity contribution in [3.05, 3.63) is 121 Å². The maximum absolute atomic E-state index is 3.97. The molecule has 0 aliphatic heterocycles. The minimum atomic E-state index is 1.08. The number of hydrogen-bond acceptors (Lipinski definition) is 0. The van der Waals surface area contributed by atoms with Gasteiger partial charge in [-0.3, -0.25) is 0 Å². The van der Waals surface area contributed by atoms with Gasteiger partial charge in [0, 0.05) is 45.1 Å². The fourth-order valence-electron chi connectivity index (χ4n) is 6.22. The summed E-state index contributed by atoms with van der Waals surface area (Å²) in [6.07, 6.45) is 0. The van der Waals surface area contributed by atoms with E-state index in [1.165, 1.54) is 64.9 Å². The molecule has 0 bridgehead atoms. The van der Waals surface area contributed by atoms with Gasteiger partial charge in [0.15, 0.2) is 0 Å². The second-order valence-electron chi connectivity index (χ2n) is 9.83. The van der Waals surface area contributed by atoms with Crippen LogP contribution >= 0.6 is 63.7 Å². The molecule has 0 spiro atoms. The number of fused-ring (bicyclic) bond motifs is 11. The van der Waals surface area contributed by atoms with Gasteiger partial charge in [0.2, 0.25) is 0 Å². The Labute approximate surface area is 257 Å². The highest BCUT2D eigenvalue weighted by Gasteiger charge is 2.23. The van der Waals surface area contributed by atoms with Gasteiger partial charge in [0.25, 0.3) is 0 Å². The Morgan fingerprint density at radius 3 is 1.21 bits per heavy atom. The van der Waals surface area contributed by atoms with E-state index in [-0.39, 0.29) is 0 Å². The van der Waals surface area contributed by atoms with Gasteiger partial charge in [-0.15, -0.1) is 0 Å². The van der Waals surface area contributed by atoms with Crippen LogP contribution in [0.4, 0.5) is 0 Å². The summed E-state index contributed by atoms with van der Waals surface area (Å²) < 4.78 is 6.76. The third-order valence-electron chi connectivity index (χ3n) is 7.79. The maximum Gasteiger partial charge on any atom is 0.0559 e. The zero-order chi connectivity index (χ0) is 26.4. The zero-order valence-electron chi connectivity index (χ0n) is 20.3. The van der Waals surface area contributed by atoms with Crippen LogP contribution < -0.4 is 0 Å². The van der Waals surface area contributed by atoms with E-state index in [4.69, 9.17) is 0 Å². The van der Waals surface area contributed by atoms with Gasteiger partial charge in [0.05, 0.1) is 11.0 Å². The number of halogens is 4. The highest BCUT2D eigenvalue weighted by Crippen LogP contribution is 2.49. The number of hydrogen-bond donors (Lipinski definition) is 0. The molecule has 0 aliphatic carbocycles. The molecule has 1 heterocycles. The summed E-state index contributed by atoms with van der Waals surface area (Å²) in [5, 5.41) is 12.3. The summed E-state index contributed by atoms with van der Waals surface area (Å²) in [7, 11) is 0. The number of benzene rings is 7. The van der Waals surface area contributed by atoms with Gasteiger partial charge in [-0.05, 0) is 68.7 Å². The molecule has 7 aromatic carbocycles. The Hall–Kier alpha value is -2.70. The highest BCUT2D eigenvalue weighted by atomic mass is 79.9. The Kier molecular flexibility index (Phi) is 5.51. The van der Waals surface area contributed by atoms with E-state index in [1.54, 1.807) is 0 Å². The van der Waals surface area contributed by atoms with Crippen LogP contribution in [0.2, 0.25) is 0 Å². The predicted octanol–water partition coefficient (Wildman–Crippen LogP) is 12.4. The molecule has 186 valence electrons. The molecule has 0 unspecified atom stereocenters. The van der Waals surface area contributed by atoms with Crippen molar-refractivity contribution in [2.45, 2.75) is 0 Å². The normalized spacial score (nSPS) is 12.1. The van der Waals surface area contributed by atoms with Crippen LogP contribution in [0.1, 0.15) is 0 Å². The molecule has 8 aromatic rings. The summed E-state index contributed by atoms with van der Waals surface area (Å²) in [6.45, 7) is 0. The fraction of sp³-hybridized carbons (Fsp3) is 0. The second-order valence-corrected chi connectivity index (χ2v) is 13.2. The molecule has 1 aromatic heterocycles. The van der Waals surface area contributed by atoms with Crippen molar-refractivity contribution >= 4 is 129 Å². The molecular formula is C34H17Br4N. The summed E-state index contributed by atoms with van der Waals surface area (Å²) in [5.74, 6) is 0. The molecule has 0 fully saturated rings. The van der Waals surface area contributed by atoms with Gasteiger partial charge in [-0.1, -0.05) is 130 Å². The minimum absolute atomic E-state index is 1.08. The summed E-state index contributed by atoms with van der Waals surface area (Å²) in [6, 6.07) is 37.1. The predicted molar refractivity (Wildman–Crippen MR) is 182 cm³/mol. The number of para-hydroxylation sites is 1. The Morgan fingerprint density at radius 2 is 0.744 bits per heavy atom. The summed E-state index contributed by atoms with van der Waals surface area (Å²) >= 11 is 15.7. The minimum Gasteiger partial charge on any atom is -0.309 e. The fourth-order valence-corrected chi connectivity index (χ4v) is 8.43. The van der Waals surface area contributed by atoms with Gasteiger partial charge < -0.3 is 4.57 Å². The lowest BCUT2D eigenvalue weighted by Crippen LogP contribution is -1.94. The van der Waals surface area contributed by atoms with Crippen molar-refractivity contribution in [1.29, 1.82) is 0 Å². The first-order chi connectivity index (χ1) is 19.0. The van der Waals surface area contributed by atoms with E-state index in [1.807, 2.05) is 0 Å². The van der Waals surface area contributed by atoms with Gasteiger partial charge in [-0.2, -0.15) is 0 Å². The highest BCUT2D eigenvalue weighted by molar-refractivity contribution is 9.11. The molecular weight excluding hydrogens is 742 g/mol. The molecule has 0 atom stereocenters. The summed E-state index contributed by atoms with van der Waals surface area (Å²) in [5.41, 5.74) is 3.49. The van der Waals surface area contributed by atoms with E-state index in [0.717, 1.165) is 23.6 Å². The van der Waals surface area contributed by atoms with Gasteiger partial charge in [-0.25, -0.2) is 0 Å². The lowest BCUT2D eigenvalue weighted by atomic mass is 9.93. The third-order valence-corrected chi connectivity index (χ3v) is 10.4. The standard InChI is InChI=1S/C34H17Br4N/c35-25-14-23-27(37)16-29-33(31(23)21-12-6-4-10-19(21)25)34-30(39(29)18-8-2-1-3-9-18)17-28(38)24-15-26(36)20-11-5-7-13-22(20)32(24)34/h1-17H. The lowest BCUT2D eigenvalue weighted by Gasteiger charge is -2.12. The molecule has 0 radical (unpaired) electrons. The van der Waals surface area contributed by atoms with Crippen molar-refractivity contribution < 1.29 is 0 Å². The topological polar surface area (TPSA) is 4.93 Å². The van der Waals surface area contributed by atoms with E-state index in [9.17, 15) is 0 Å². The van der Waals surface area contributed by atoms with Crippen LogP contribution in [0.25, 0.3) is 70.6 Å². The quantitative estimate of drug-likeness (QED) is 0.147. The smallest absolute Gasteiger partial charge is 0.0559 e. The van der Waals surface area contributed by atoms with Crippen LogP contribution in [-0.4, -0.2) is 4.57 Å². The molecule has 1 nitrogen and oxygen atoms in total. The third kappa shape index (κ3) is 3.40. The summed E-state index contributed by atoms with van der Waals surface area (Å²) in [4.78, 5) is 0. The van der Waals surface area contributed by atoms with E-state index >= 15 is 0 Å². The number of nitrogens with zero attached hydrogens (tertiary/aromatic N) is 1. The van der Waals surface area contributed by atoms with E-state index in [0.29, 0.717) is 0 Å². The second kappa shape index (κ2) is 8.90. The first-order valence-corrected chi connectivity index (χ1v) is 15.7. The zero-order valence-corrected chi connectivity index (χ0v) is 26.6. The molecule has 5 heteroatoms. The Bertz CT molecular complexity index is 2170. The van der Waals surface area contributed by atoms with Crippen molar-refractivity contribution in [1.82, 2.24) is 4.57 Å². The Balaban J connectivity index is 1.79. The first kappa shape index (κ1) is 24.1. The van der Waals surface area contributed by atoms with Crippen LogP contribution in [-0.2, 0) is 0 Å². The molecule has 8 rings (SSSR count). The van der Waals surface area contributed by atoms with Crippen molar-refractivity contribution in [2.75, 3.05) is 0 Å². The van der Waals surface area contributed by atoms with Crippen LogP contribution in [0.15, 0.2) is 121 Å². The SMILES string of the molecule is Brc1cc2c(Br)cc3c(c2c2ccccc12)c1c2c(cc(Br)c4ccccc42)c(Br)cc1n3-c1ccccc1. The molecule has 39 heavy (non-hydrogen) atoms. The Morgan fingerprint density at radius 1 is 0.359 bits per heavy atom. The van der Waals surface area contributed by atoms with Crippen LogP contribution in [0, 0.1) is 0 Å². The average molecular weight is 759 g/mol. The van der Waals surface area contributed by atoms with E-state index in [2.05, 4.69) is 171 Å². The van der Waals surface area contributed by atoms with Crippen molar-refractivity contribution in [3.63, 3.8) is 0 Å². The first-order valence-electron chi connectivity index (χ1n) is 12.6. The number of rotatable bonds is 1. The maximum atomic E-state index is 3.97. The van der Waals surface area contributed by atoms with E-state index < -0.39 is 0 Å². The lowest BCUT2D eigenvalue weighted by molar-refractivity contribution is 1.18. The molecule has 0 saturated carbocycles. The van der Waals surface area contributed by atoms with Crippen molar-refractivity contribution in [3.8, 4) is 5.69 Å². The van der Waals surface area contributed by atoms with Crippen LogP contribution in [0.3, 0.4) is 0 Å². The largest absolute Gasteiger partial charge is 0.309 e. The van der Waals surface area contributed by atoms with Crippen LogP contribution in [0.5, 0.6) is 0 Å². The van der Waals surface area contributed by atoms with Gasteiger partial charge in [0.1, 0.15) is 0 Å².